The summed E-state index contributed by atoms with van der Waals surface area (Å²) in [5.41, 5.74) is -0.697. The lowest BCUT2D eigenvalue weighted by Crippen LogP contribution is -2.30. The number of hydrogen-bond acceptors (Lipinski definition) is 2. The molecule has 4 nitrogen and oxygen atoms in total. The third-order valence-electron chi connectivity index (χ3n) is 2.15. The highest BCUT2D eigenvalue weighted by Gasteiger charge is 2.33. The van der Waals surface area contributed by atoms with E-state index in [1.807, 2.05) is 0 Å². The van der Waals surface area contributed by atoms with Crippen molar-refractivity contribution in [2.75, 3.05) is 0 Å². The fraction of sp³-hybridized carbons (Fsp3) is 0.750. The minimum Gasteiger partial charge on any atom is -0.481 e. The van der Waals surface area contributed by atoms with Crippen molar-refractivity contribution >= 4 is 11.9 Å². The number of carboxylic acid groups (broad SMARTS) is 2. The molecular weight excluding hydrogens is 160 g/mol. The van der Waals surface area contributed by atoms with Crippen LogP contribution in [0.15, 0.2) is 0 Å². The van der Waals surface area contributed by atoms with Crippen LogP contribution >= 0.6 is 0 Å². The van der Waals surface area contributed by atoms with Crippen molar-refractivity contribution in [1.29, 1.82) is 0 Å². The molecule has 0 saturated heterocycles. The van der Waals surface area contributed by atoms with Crippen LogP contribution in [0.5, 0.6) is 0 Å². The van der Waals surface area contributed by atoms with Crippen LogP contribution in [0.4, 0.5) is 0 Å². The number of carbonyl (C=O) groups is 2. The molecule has 0 rings (SSSR count). The molecule has 0 heterocycles. The van der Waals surface area contributed by atoms with Crippen LogP contribution in [0.25, 0.3) is 0 Å². The second kappa shape index (κ2) is 3.56. The summed E-state index contributed by atoms with van der Waals surface area (Å²) in [6, 6.07) is 0. The van der Waals surface area contributed by atoms with Crippen LogP contribution in [0.1, 0.15) is 27.2 Å². The first-order chi connectivity index (χ1) is 5.27. The summed E-state index contributed by atoms with van der Waals surface area (Å²) in [5, 5.41) is 17.1. The molecule has 4 heteroatoms. The average molecular weight is 174 g/mol. The number of hydrogen-bond donors (Lipinski definition) is 2. The molecule has 12 heavy (non-hydrogen) atoms. The van der Waals surface area contributed by atoms with Crippen molar-refractivity contribution in [3.05, 3.63) is 0 Å². The molecule has 70 valence electrons. The second-order valence-electron chi connectivity index (χ2n) is 3.62. The third kappa shape index (κ3) is 2.90. The lowest BCUT2D eigenvalue weighted by molar-refractivity contribution is -0.147. The molecule has 2 N–H and O–H groups in total. The van der Waals surface area contributed by atoms with Crippen LogP contribution in [-0.4, -0.2) is 22.2 Å². The van der Waals surface area contributed by atoms with Gasteiger partial charge >= 0.3 is 11.9 Å². The van der Waals surface area contributed by atoms with E-state index in [1.165, 1.54) is 6.92 Å². The van der Waals surface area contributed by atoms with Gasteiger partial charge in [-0.05, 0) is 5.41 Å². The standard InChI is InChI=1S/C8H14O4/c1-5(7(11)12)8(2,3)4-6(9)10/h5H,4H2,1-3H3,(H,9,10)(H,11,12). The van der Waals surface area contributed by atoms with Gasteiger partial charge in [-0.3, -0.25) is 9.59 Å². The lowest BCUT2D eigenvalue weighted by Gasteiger charge is -2.26. The highest BCUT2D eigenvalue weighted by molar-refractivity contribution is 5.73. The van der Waals surface area contributed by atoms with Gasteiger partial charge in [-0.2, -0.15) is 0 Å². The van der Waals surface area contributed by atoms with Crippen molar-refractivity contribution in [3.8, 4) is 0 Å². The fourth-order valence-corrected chi connectivity index (χ4v) is 0.877. The maximum absolute atomic E-state index is 10.5. The molecule has 1 unspecified atom stereocenters. The van der Waals surface area contributed by atoms with E-state index in [-0.39, 0.29) is 6.42 Å². The summed E-state index contributed by atoms with van der Waals surface area (Å²) in [4.78, 5) is 20.9. The maximum Gasteiger partial charge on any atom is 0.306 e. The van der Waals surface area contributed by atoms with E-state index in [2.05, 4.69) is 0 Å². The smallest absolute Gasteiger partial charge is 0.306 e. The van der Waals surface area contributed by atoms with Crippen molar-refractivity contribution < 1.29 is 19.8 Å². The Hall–Kier alpha value is -1.06. The largest absolute Gasteiger partial charge is 0.481 e. The molecule has 0 aliphatic carbocycles. The Morgan fingerprint density at radius 3 is 2.00 bits per heavy atom. The highest BCUT2D eigenvalue weighted by atomic mass is 16.4. The highest BCUT2D eigenvalue weighted by Crippen LogP contribution is 2.30. The maximum atomic E-state index is 10.5. The van der Waals surface area contributed by atoms with E-state index in [0.717, 1.165) is 0 Å². The van der Waals surface area contributed by atoms with Gasteiger partial charge in [0.1, 0.15) is 0 Å². The molecule has 0 amide bonds. The quantitative estimate of drug-likeness (QED) is 0.671. The van der Waals surface area contributed by atoms with Gasteiger partial charge < -0.3 is 10.2 Å². The Morgan fingerprint density at radius 2 is 1.75 bits per heavy atom. The minimum absolute atomic E-state index is 0.125. The monoisotopic (exact) mass is 174 g/mol. The Labute approximate surface area is 71.2 Å². The van der Waals surface area contributed by atoms with Gasteiger partial charge in [0.2, 0.25) is 0 Å². The number of rotatable bonds is 4. The predicted octanol–water partition coefficient (Wildman–Crippen LogP) is 1.21. The minimum atomic E-state index is -0.965. The SMILES string of the molecule is CC(C(=O)O)C(C)(C)CC(=O)O. The van der Waals surface area contributed by atoms with Crippen molar-refractivity contribution in [2.45, 2.75) is 27.2 Å². The molecule has 0 aliphatic rings. The topological polar surface area (TPSA) is 74.6 Å². The molecule has 0 spiro atoms. The second-order valence-corrected chi connectivity index (χ2v) is 3.62. The number of carboxylic acids is 2. The van der Waals surface area contributed by atoms with Gasteiger partial charge in [-0.25, -0.2) is 0 Å². The van der Waals surface area contributed by atoms with E-state index in [4.69, 9.17) is 10.2 Å². The van der Waals surface area contributed by atoms with Crippen LogP contribution in [0.2, 0.25) is 0 Å². The lowest BCUT2D eigenvalue weighted by atomic mass is 9.77. The molecular formula is C8H14O4. The van der Waals surface area contributed by atoms with Crippen LogP contribution in [0.3, 0.4) is 0 Å². The van der Waals surface area contributed by atoms with E-state index in [1.54, 1.807) is 13.8 Å². The summed E-state index contributed by atoms with van der Waals surface area (Å²) in [5.74, 6) is -2.57. The summed E-state index contributed by atoms with van der Waals surface area (Å²) < 4.78 is 0. The van der Waals surface area contributed by atoms with Gasteiger partial charge in [-0.1, -0.05) is 20.8 Å². The summed E-state index contributed by atoms with van der Waals surface area (Å²) in [7, 11) is 0. The zero-order valence-electron chi connectivity index (χ0n) is 7.50. The molecule has 1 atom stereocenters. The molecule has 0 aromatic carbocycles. The van der Waals surface area contributed by atoms with Crippen LogP contribution < -0.4 is 0 Å². The molecule has 0 fully saturated rings. The molecule has 0 saturated carbocycles. The molecule has 0 radical (unpaired) electrons. The Kier molecular flexibility index (Phi) is 3.24. The van der Waals surface area contributed by atoms with Crippen molar-refractivity contribution in [3.63, 3.8) is 0 Å². The third-order valence-corrected chi connectivity index (χ3v) is 2.15. The first kappa shape index (κ1) is 10.9. The van der Waals surface area contributed by atoms with E-state index < -0.39 is 23.3 Å². The fourth-order valence-electron chi connectivity index (χ4n) is 0.877. The van der Waals surface area contributed by atoms with Gasteiger partial charge in [0, 0.05) is 0 Å². The Balaban J connectivity index is 4.38. The number of aliphatic carboxylic acids is 2. The molecule has 0 aromatic rings. The molecule has 0 aliphatic heterocycles. The Bertz CT molecular complexity index is 195. The van der Waals surface area contributed by atoms with Gasteiger partial charge in [-0.15, -0.1) is 0 Å². The van der Waals surface area contributed by atoms with Crippen molar-refractivity contribution in [2.24, 2.45) is 11.3 Å². The Morgan fingerprint density at radius 1 is 1.33 bits per heavy atom. The van der Waals surface area contributed by atoms with Gasteiger partial charge in [0.15, 0.2) is 0 Å². The first-order valence-corrected chi connectivity index (χ1v) is 3.72. The molecule has 0 aromatic heterocycles. The summed E-state index contributed by atoms with van der Waals surface area (Å²) >= 11 is 0. The normalized spacial score (nSPS) is 13.9. The molecule has 0 bridgehead atoms. The van der Waals surface area contributed by atoms with Crippen LogP contribution in [0, 0.1) is 11.3 Å². The van der Waals surface area contributed by atoms with Crippen LogP contribution in [-0.2, 0) is 9.59 Å². The van der Waals surface area contributed by atoms with Gasteiger partial charge in [0.05, 0.1) is 12.3 Å². The zero-order valence-corrected chi connectivity index (χ0v) is 7.50. The van der Waals surface area contributed by atoms with E-state index in [9.17, 15) is 9.59 Å². The van der Waals surface area contributed by atoms with Gasteiger partial charge in [0.25, 0.3) is 0 Å². The van der Waals surface area contributed by atoms with E-state index >= 15 is 0 Å². The summed E-state index contributed by atoms with van der Waals surface area (Å²) in [6.07, 6.45) is -0.125. The summed E-state index contributed by atoms with van der Waals surface area (Å²) in [6.45, 7) is 4.80. The van der Waals surface area contributed by atoms with Crippen molar-refractivity contribution in [1.82, 2.24) is 0 Å². The zero-order chi connectivity index (χ0) is 9.94. The average Bonchev–Trinajstić information content (AvgIpc) is 1.82. The van der Waals surface area contributed by atoms with E-state index in [0.29, 0.717) is 0 Å². The first-order valence-electron chi connectivity index (χ1n) is 3.72. The predicted molar refractivity (Wildman–Crippen MR) is 42.8 cm³/mol.